The number of hydrogen-bond donors (Lipinski definition) is 1. The van der Waals surface area contributed by atoms with Crippen molar-refractivity contribution in [1.82, 2.24) is 9.97 Å². The Kier molecular flexibility index (Phi) is 6.02. The van der Waals surface area contributed by atoms with Crippen molar-refractivity contribution in [2.45, 2.75) is 6.92 Å². The van der Waals surface area contributed by atoms with E-state index < -0.39 is 0 Å². The molecule has 0 spiro atoms. The summed E-state index contributed by atoms with van der Waals surface area (Å²) in [5.74, 6) is 0.367. The Morgan fingerprint density at radius 1 is 0.889 bits per heavy atom. The summed E-state index contributed by atoms with van der Waals surface area (Å²) in [4.78, 5) is 32.1. The Bertz CT molecular complexity index is 870. The van der Waals surface area contributed by atoms with Gasteiger partial charge >= 0.3 is 0 Å². The van der Waals surface area contributed by atoms with Crippen LogP contribution in [0.2, 0.25) is 0 Å². The van der Waals surface area contributed by atoms with Gasteiger partial charge < -0.3 is 10.1 Å². The van der Waals surface area contributed by atoms with E-state index in [2.05, 4.69) is 15.3 Å². The number of anilines is 1. The van der Waals surface area contributed by atoms with Crippen LogP contribution in [0.4, 0.5) is 5.82 Å². The molecule has 0 atom stereocenters. The summed E-state index contributed by atoms with van der Waals surface area (Å²) < 4.78 is 5.05. The summed E-state index contributed by atoms with van der Waals surface area (Å²) in [6.45, 7) is 1.09. The minimum Gasteiger partial charge on any atom is -0.364 e. The van der Waals surface area contributed by atoms with Crippen LogP contribution in [-0.4, -0.2) is 34.9 Å². The molecule has 3 rings (SSSR count). The van der Waals surface area contributed by atoms with E-state index in [4.69, 9.17) is 4.74 Å². The number of carbonyl (C=O) groups excluding carboxylic acids is 2. The minimum absolute atomic E-state index is 0.0955. The second-order valence-electron chi connectivity index (χ2n) is 5.94. The zero-order valence-corrected chi connectivity index (χ0v) is 14.9. The Morgan fingerprint density at radius 3 is 2.15 bits per heavy atom. The Morgan fingerprint density at radius 2 is 1.52 bits per heavy atom. The van der Waals surface area contributed by atoms with Crippen LogP contribution in [-0.2, 0) is 14.3 Å². The van der Waals surface area contributed by atoms with Gasteiger partial charge in [0.05, 0.1) is 5.69 Å². The average Bonchev–Trinajstić information content (AvgIpc) is 2.69. The fourth-order valence-corrected chi connectivity index (χ4v) is 2.45. The number of aromatic nitrogens is 2. The monoisotopic (exact) mass is 361 g/mol. The number of nitrogens with one attached hydrogen (secondary N) is 1. The summed E-state index contributed by atoms with van der Waals surface area (Å²) in [6, 6.07) is 20.9. The van der Waals surface area contributed by atoms with Crippen molar-refractivity contribution in [2.24, 2.45) is 0 Å². The average molecular weight is 361 g/mol. The second kappa shape index (κ2) is 8.82. The van der Waals surface area contributed by atoms with Crippen LogP contribution < -0.4 is 5.32 Å². The maximum Gasteiger partial charge on any atom is 0.251 e. The van der Waals surface area contributed by atoms with E-state index in [-0.39, 0.29) is 24.9 Å². The first kappa shape index (κ1) is 18.4. The van der Waals surface area contributed by atoms with Crippen molar-refractivity contribution in [3.8, 4) is 22.6 Å². The molecule has 0 saturated heterocycles. The van der Waals surface area contributed by atoms with Crippen molar-refractivity contribution >= 4 is 17.5 Å². The molecule has 0 unspecified atom stereocenters. The molecule has 0 aliphatic rings. The third kappa shape index (κ3) is 5.29. The number of ketones is 1. The highest BCUT2D eigenvalue weighted by Crippen LogP contribution is 2.24. The first-order chi connectivity index (χ1) is 13.1. The Balaban J connectivity index is 1.88. The summed E-state index contributed by atoms with van der Waals surface area (Å²) >= 11 is 0. The molecule has 6 heteroatoms. The number of ether oxygens (including phenoxy) is 1. The molecule has 1 aromatic heterocycles. The maximum absolute atomic E-state index is 12.1. The van der Waals surface area contributed by atoms with Crippen molar-refractivity contribution < 1.29 is 14.3 Å². The van der Waals surface area contributed by atoms with Gasteiger partial charge in [0.2, 0.25) is 0 Å². The van der Waals surface area contributed by atoms with Gasteiger partial charge in [-0.15, -0.1) is 0 Å². The van der Waals surface area contributed by atoms with E-state index in [0.717, 1.165) is 11.1 Å². The molecule has 0 aliphatic heterocycles. The lowest BCUT2D eigenvalue weighted by Gasteiger charge is -2.10. The van der Waals surface area contributed by atoms with Crippen LogP contribution >= 0.6 is 0 Å². The highest BCUT2D eigenvalue weighted by Gasteiger charge is 2.11. The molecule has 1 N–H and O–H groups in total. The van der Waals surface area contributed by atoms with Crippen LogP contribution in [0.15, 0.2) is 66.7 Å². The highest BCUT2D eigenvalue weighted by atomic mass is 16.5. The lowest BCUT2D eigenvalue weighted by atomic mass is 10.1. The van der Waals surface area contributed by atoms with E-state index in [1.165, 1.54) is 6.92 Å². The molecule has 0 aliphatic carbocycles. The molecule has 1 heterocycles. The van der Waals surface area contributed by atoms with Gasteiger partial charge in [0.1, 0.15) is 19.0 Å². The molecule has 3 aromatic rings. The molecule has 0 fully saturated rings. The molecule has 27 heavy (non-hydrogen) atoms. The number of nitrogens with zero attached hydrogens (tertiary/aromatic N) is 2. The van der Waals surface area contributed by atoms with Crippen LogP contribution in [0, 0.1) is 0 Å². The molecular weight excluding hydrogens is 342 g/mol. The summed E-state index contributed by atoms with van der Waals surface area (Å²) in [7, 11) is 0. The minimum atomic E-state index is -0.382. The summed E-state index contributed by atoms with van der Waals surface area (Å²) in [5, 5.41) is 2.71. The van der Waals surface area contributed by atoms with E-state index in [1.54, 1.807) is 6.07 Å². The van der Waals surface area contributed by atoms with Crippen molar-refractivity contribution in [2.75, 3.05) is 18.5 Å². The SMILES string of the molecule is CC(=O)COCC(=O)Nc1cc(-c2ccccc2)nc(-c2ccccc2)n1. The number of amides is 1. The van der Waals surface area contributed by atoms with E-state index in [1.807, 2.05) is 60.7 Å². The fourth-order valence-electron chi connectivity index (χ4n) is 2.45. The quantitative estimate of drug-likeness (QED) is 0.698. The number of Topliss-reactive ketones (excluding diaryl/α,β-unsaturated/α-hetero) is 1. The first-order valence-corrected chi connectivity index (χ1v) is 8.49. The van der Waals surface area contributed by atoms with Crippen molar-refractivity contribution in [1.29, 1.82) is 0 Å². The van der Waals surface area contributed by atoms with E-state index in [9.17, 15) is 9.59 Å². The van der Waals surface area contributed by atoms with Gasteiger partial charge in [0.25, 0.3) is 5.91 Å². The maximum atomic E-state index is 12.1. The molecule has 0 saturated carbocycles. The van der Waals surface area contributed by atoms with Crippen molar-refractivity contribution in [3.63, 3.8) is 0 Å². The largest absolute Gasteiger partial charge is 0.364 e. The lowest BCUT2D eigenvalue weighted by Crippen LogP contribution is -2.21. The predicted octanol–water partition coefficient (Wildman–Crippen LogP) is 3.35. The van der Waals surface area contributed by atoms with Crippen LogP contribution in [0.25, 0.3) is 22.6 Å². The molecule has 0 radical (unpaired) electrons. The van der Waals surface area contributed by atoms with Crippen LogP contribution in [0.5, 0.6) is 0 Å². The molecule has 136 valence electrons. The number of hydrogen-bond acceptors (Lipinski definition) is 5. The third-order valence-electron chi connectivity index (χ3n) is 3.63. The third-order valence-corrected chi connectivity index (χ3v) is 3.63. The highest BCUT2D eigenvalue weighted by molar-refractivity contribution is 5.91. The second-order valence-corrected chi connectivity index (χ2v) is 5.94. The van der Waals surface area contributed by atoms with Crippen LogP contribution in [0.3, 0.4) is 0 Å². The number of carbonyl (C=O) groups is 2. The Hall–Kier alpha value is -3.38. The van der Waals surface area contributed by atoms with Gasteiger partial charge in [-0.2, -0.15) is 0 Å². The van der Waals surface area contributed by atoms with Gasteiger partial charge in [-0.1, -0.05) is 60.7 Å². The first-order valence-electron chi connectivity index (χ1n) is 8.49. The van der Waals surface area contributed by atoms with Gasteiger partial charge in [-0.05, 0) is 6.92 Å². The van der Waals surface area contributed by atoms with Crippen LogP contribution in [0.1, 0.15) is 6.92 Å². The molecule has 2 aromatic carbocycles. The normalized spacial score (nSPS) is 10.4. The fraction of sp³-hybridized carbons (Fsp3) is 0.143. The zero-order valence-electron chi connectivity index (χ0n) is 14.9. The topological polar surface area (TPSA) is 81.2 Å². The van der Waals surface area contributed by atoms with Gasteiger partial charge in [0, 0.05) is 17.2 Å². The number of rotatable bonds is 7. The summed E-state index contributed by atoms with van der Waals surface area (Å²) in [6.07, 6.45) is 0. The molecular formula is C21H19N3O3. The molecule has 0 bridgehead atoms. The Labute approximate surface area is 157 Å². The number of benzene rings is 2. The zero-order chi connectivity index (χ0) is 19.1. The predicted molar refractivity (Wildman–Crippen MR) is 103 cm³/mol. The van der Waals surface area contributed by atoms with Gasteiger partial charge in [0.15, 0.2) is 11.6 Å². The van der Waals surface area contributed by atoms with Gasteiger partial charge in [-0.3, -0.25) is 9.59 Å². The van der Waals surface area contributed by atoms with Crippen molar-refractivity contribution in [3.05, 3.63) is 66.7 Å². The lowest BCUT2D eigenvalue weighted by molar-refractivity contribution is -0.125. The summed E-state index contributed by atoms with van der Waals surface area (Å²) in [5.41, 5.74) is 2.46. The molecule has 6 nitrogen and oxygen atoms in total. The van der Waals surface area contributed by atoms with E-state index >= 15 is 0 Å². The van der Waals surface area contributed by atoms with Gasteiger partial charge in [-0.25, -0.2) is 9.97 Å². The van der Waals surface area contributed by atoms with E-state index in [0.29, 0.717) is 17.3 Å². The smallest absolute Gasteiger partial charge is 0.251 e. The molecule has 1 amide bonds. The standard InChI is InChI=1S/C21H19N3O3/c1-15(25)13-27-14-20(26)23-19-12-18(16-8-4-2-5-9-16)22-21(24-19)17-10-6-3-7-11-17/h2-12H,13-14H2,1H3,(H,22,23,24,26).